The van der Waals surface area contributed by atoms with Crippen LogP contribution in [0.4, 0.5) is 0 Å². The van der Waals surface area contributed by atoms with Crippen LogP contribution in [0.3, 0.4) is 0 Å². The average Bonchev–Trinajstić information content (AvgIpc) is 2.49. The number of nitrogens with zero attached hydrogens (tertiary/aromatic N) is 1. The molecule has 14 heavy (non-hydrogen) atoms. The quantitative estimate of drug-likeness (QED) is 0.740. The molecule has 0 aromatic rings. The van der Waals surface area contributed by atoms with Gasteiger partial charge in [-0.3, -0.25) is 4.79 Å². The first kappa shape index (κ1) is 11.5. The minimum absolute atomic E-state index is 0.0414. The third-order valence-corrected chi connectivity index (χ3v) is 2.99. The van der Waals surface area contributed by atoms with E-state index in [1.165, 1.54) is 19.3 Å². The summed E-state index contributed by atoms with van der Waals surface area (Å²) in [6, 6.07) is 0.504. The topological polar surface area (TPSA) is 32.3 Å². The first-order valence-corrected chi connectivity index (χ1v) is 5.48. The summed E-state index contributed by atoms with van der Waals surface area (Å²) in [6.45, 7) is 4.23. The summed E-state index contributed by atoms with van der Waals surface area (Å²) in [5.74, 6) is 0.985. The van der Waals surface area contributed by atoms with Crippen LogP contribution in [0.15, 0.2) is 0 Å². The first-order chi connectivity index (χ1) is 6.50. The van der Waals surface area contributed by atoms with Gasteiger partial charge >= 0.3 is 0 Å². The van der Waals surface area contributed by atoms with Gasteiger partial charge in [0.05, 0.1) is 6.04 Å². The Balaban J connectivity index is 2.33. The second-order valence-electron chi connectivity index (χ2n) is 4.74. The van der Waals surface area contributed by atoms with E-state index in [1.807, 2.05) is 6.92 Å². The highest BCUT2D eigenvalue weighted by molar-refractivity contribution is 5.80. The third kappa shape index (κ3) is 2.98. The van der Waals surface area contributed by atoms with Crippen LogP contribution in [0.2, 0.25) is 0 Å². The number of carbonyl (C=O) groups excluding carboxylic acids is 1. The van der Waals surface area contributed by atoms with Gasteiger partial charge in [0.25, 0.3) is 0 Å². The maximum atomic E-state index is 11.6. The van der Waals surface area contributed by atoms with Gasteiger partial charge in [0, 0.05) is 20.1 Å². The highest BCUT2D eigenvalue weighted by Gasteiger charge is 2.24. The summed E-state index contributed by atoms with van der Waals surface area (Å²) >= 11 is 0. The predicted octanol–water partition coefficient (Wildman–Crippen LogP) is 1.24. The van der Waals surface area contributed by atoms with Crippen molar-refractivity contribution in [2.24, 2.45) is 5.92 Å². The minimum atomic E-state index is -0.0414. The van der Waals surface area contributed by atoms with E-state index in [9.17, 15) is 4.79 Å². The first-order valence-electron chi connectivity index (χ1n) is 5.48. The highest BCUT2D eigenvalue weighted by Crippen LogP contribution is 2.24. The molecule has 3 atom stereocenters. The molecule has 1 aliphatic rings. The van der Waals surface area contributed by atoms with Gasteiger partial charge in [-0.2, -0.15) is 0 Å². The minimum Gasteiger partial charge on any atom is -0.347 e. The van der Waals surface area contributed by atoms with Crippen LogP contribution in [0.5, 0.6) is 0 Å². The van der Waals surface area contributed by atoms with Crippen molar-refractivity contribution in [2.45, 2.75) is 45.2 Å². The van der Waals surface area contributed by atoms with Crippen molar-refractivity contribution in [1.29, 1.82) is 0 Å². The summed E-state index contributed by atoms with van der Waals surface area (Å²) < 4.78 is 0. The smallest absolute Gasteiger partial charge is 0.238 e. The van der Waals surface area contributed by atoms with Gasteiger partial charge in [-0.05, 0) is 32.1 Å². The van der Waals surface area contributed by atoms with E-state index in [-0.39, 0.29) is 11.9 Å². The standard InChI is InChI=1S/C11H22N2O/c1-8-5-6-10(7-8)12-9(2)11(14)13(3)4/h8-10,12H,5-7H2,1-4H3/t8?,9-,10?/m1/s1. The second-order valence-corrected chi connectivity index (χ2v) is 4.74. The molecule has 0 heterocycles. The second kappa shape index (κ2) is 4.78. The normalized spacial score (nSPS) is 28.9. The lowest BCUT2D eigenvalue weighted by Crippen LogP contribution is -2.45. The number of carbonyl (C=O) groups is 1. The fourth-order valence-corrected chi connectivity index (χ4v) is 2.17. The molecule has 3 heteroatoms. The molecule has 1 saturated carbocycles. The summed E-state index contributed by atoms with van der Waals surface area (Å²) in [6.07, 6.45) is 3.72. The monoisotopic (exact) mass is 198 g/mol. The Hall–Kier alpha value is -0.570. The van der Waals surface area contributed by atoms with Crippen molar-refractivity contribution in [3.63, 3.8) is 0 Å². The molecule has 0 spiro atoms. The molecule has 82 valence electrons. The Kier molecular flexibility index (Phi) is 3.93. The Bertz CT molecular complexity index is 203. The van der Waals surface area contributed by atoms with Gasteiger partial charge in [0.15, 0.2) is 0 Å². The molecule has 1 rings (SSSR count). The molecule has 0 aromatic carbocycles. The Labute approximate surface area is 86.9 Å². The van der Waals surface area contributed by atoms with Gasteiger partial charge in [0.1, 0.15) is 0 Å². The molecule has 0 bridgehead atoms. The molecule has 1 N–H and O–H groups in total. The van der Waals surface area contributed by atoms with Crippen molar-refractivity contribution < 1.29 is 4.79 Å². The van der Waals surface area contributed by atoms with E-state index in [4.69, 9.17) is 0 Å². The van der Waals surface area contributed by atoms with Gasteiger partial charge in [-0.1, -0.05) is 6.92 Å². The third-order valence-electron chi connectivity index (χ3n) is 2.99. The fourth-order valence-electron chi connectivity index (χ4n) is 2.17. The molecule has 0 aliphatic heterocycles. The van der Waals surface area contributed by atoms with Crippen LogP contribution in [0, 0.1) is 5.92 Å². The van der Waals surface area contributed by atoms with Crippen molar-refractivity contribution in [3.8, 4) is 0 Å². The van der Waals surface area contributed by atoms with E-state index in [1.54, 1.807) is 19.0 Å². The van der Waals surface area contributed by atoms with Crippen molar-refractivity contribution in [3.05, 3.63) is 0 Å². The van der Waals surface area contributed by atoms with Gasteiger partial charge in [-0.15, -0.1) is 0 Å². The zero-order valence-corrected chi connectivity index (χ0v) is 9.71. The fraction of sp³-hybridized carbons (Fsp3) is 0.909. The molecule has 0 radical (unpaired) electrons. The number of likely N-dealkylation sites (N-methyl/N-ethyl adjacent to an activating group) is 1. The maximum Gasteiger partial charge on any atom is 0.238 e. The van der Waals surface area contributed by atoms with Crippen LogP contribution in [0.25, 0.3) is 0 Å². The van der Waals surface area contributed by atoms with E-state index >= 15 is 0 Å². The lowest BCUT2D eigenvalue weighted by molar-refractivity contribution is -0.130. The zero-order valence-electron chi connectivity index (χ0n) is 9.71. The summed E-state index contributed by atoms with van der Waals surface area (Å²) in [7, 11) is 3.61. The molecule has 2 unspecified atom stereocenters. The lowest BCUT2D eigenvalue weighted by Gasteiger charge is -2.21. The molecule has 3 nitrogen and oxygen atoms in total. The Morgan fingerprint density at radius 2 is 2.07 bits per heavy atom. The summed E-state index contributed by atoms with van der Waals surface area (Å²) in [5.41, 5.74) is 0. The van der Waals surface area contributed by atoms with E-state index in [0.717, 1.165) is 5.92 Å². The maximum absolute atomic E-state index is 11.6. The summed E-state index contributed by atoms with van der Waals surface area (Å²) in [4.78, 5) is 13.2. The largest absolute Gasteiger partial charge is 0.347 e. The number of amides is 1. The number of nitrogens with one attached hydrogen (secondary N) is 1. The number of rotatable bonds is 3. The average molecular weight is 198 g/mol. The van der Waals surface area contributed by atoms with E-state index < -0.39 is 0 Å². The van der Waals surface area contributed by atoms with E-state index in [0.29, 0.717) is 6.04 Å². The molecule has 1 aliphatic carbocycles. The predicted molar refractivity (Wildman–Crippen MR) is 58.1 cm³/mol. The molecule has 1 amide bonds. The van der Waals surface area contributed by atoms with Crippen molar-refractivity contribution in [1.82, 2.24) is 10.2 Å². The lowest BCUT2D eigenvalue weighted by atomic mass is 10.1. The molecular weight excluding hydrogens is 176 g/mol. The number of hydrogen-bond donors (Lipinski definition) is 1. The summed E-state index contributed by atoms with van der Waals surface area (Å²) in [5, 5.41) is 3.40. The highest BCUT2D eigenvalue weighted by atomic mass is 16.2. The number of hydrogen-bond acceptors (Lipinski definition) is 2. The van der Waals surface area contributed by atoms with Crippen molar-refractivity contribution >= 4 is 5.91 Å². The van der Waals surface area contributed by atoms with Crippen molar-refractivity contribution in [2.75, 3.05) is 14.1 Å². The van der Waals surface area contributed by atoms with Crippen LogP contribution in [0.1, 0.15) is 33.1 Å². The van der Waals surface area contributed by atoms with Gasteiger partial charge in [0.2, 0.25) is 5.91 Å². The molecule has 0 saturated heterocycles. The van der Waals surface area contributed by atoms with Crippen LogP contribution >= 0.6 is 0 Å². The van der Waals surface area contributed by atoms with Gasteiger partial charge < -0.3 is 10.2 Å². The molecular formula is C11H22N2O. The molecule has 1 fully saturated rings. The SMILES string of the molecule is CC1CCC(N[C@H](C)C(=O)N(C)C)C1. The van der Waals surface area contributed by atoms with Crippen LogP contribution in [-0.4, -0.2) is 37.0 Å². The zero-order chi connectivity index (χ0) is 10.7. The molecule has 0 aromatic heterocycles. The Morgan fingerprint density at radius 3 is 2.50 bits per heavy atom. The Morgan fingerprint density at radius 1 is 1.43 bits per heavy atom. The van der Waals surface area contributed by atoms with E-state index in [2.05, 4.69) is 12.2 Å². The van der Waals surface area contributed by atoms with Crippen LogP contribution in [-0.2, 0) is 4.79 Å². The van der Waals surface area contributed by atoms with Gasteiger partial charge in [-0.25, -0.2) is 0 Å². The van der Waals surface area contributed by atoms with Crippen LogP contribution < -0.4 is 5.32 Å².